The lowest BCUT2D eigenvalue weighted by Gasteiger charge is -1.78. The molecule has 0 aromatic rings. The van der Waals surface area contributed by atoms with Gasteiger partial charge in [-0.3, -0.25) is 4.79 Å². The monoisotopic (exact) mass is 156 g/mol. The second-order valence-electron chi connectivity index (χ2n) is 2.23. The van der Waals surface area contributed by atoms with Crippen LogP contribution in [0.2, 0.25) is 0 Å². The molecule has 0 heterocycles. The largest absolute Gasteiger partial charge is 0.300 e. The van der Waals surface area contributed by atoms with Crippen LogP contribution >= 0.6 is 0 Å². The van der Waals surface area contributed by atoms with Gasteiger partial charge in [0.15, 0.2) is 5.78 Å². The molecule has 64 valence electrons. The lowest BCUT2D eigenvalue weighted by molar-refractivity contribution is -0.115. The average Bonchev–Trinajstić information content (AvgIpc) is 1.87. The highest BCUT2D eigenvalue weighted by atomic mass is 16.1. The van der Waals surface area contributed by atoms with Crippen molar-refractivity contribution in [3.8, 4) is 0 Å². The van der Waals surface area contributed by atoms with Gasteiger partial charge in [-0.1, -0.05) is 13.0 Å². The van der Waals surface area contributed by atoms with Crippen molar-refractivity contribution in [1.29, 1.82) is 0 Å². The van der Waals surface area contributed by atoms with Crippen molar-refractivity contribution < 1.29 is 9.59 Å². The highest BCUT2D eigenvalue weighted by Crippen LogP contribution is 1.80. The normalized spacial score (nSPS) is 8.73. The van der Waals surface area contributed by atoms with Crippen LogP contribution < -0.4 is 0 Å². The molecule has 0 rings (SSSR count). The first-order valence-electron chi connectivity index (χ1n) is 3.67. The van der Waals surface area contributed by atoms with E-state index in [4.69, 9.17) is 0 Å². The second-order valence-corrected chi connectivity index (χ2v) is 2.23. The van der Waals surface area contributed by atoms with Crippen molar-refractivity contribution in [2.45, 2.75) is 34.1 Å². The first-order chi connectivity index (χ1) is 5.04. The minimum Gasteiger partial charge on any atom is -0.300 e. The minimum atomic E-state index is 0.167. The SMILES string of the molecule is C/C=C/C(=O)CC.CC(C)=O. The number of carbonyl (C=O) groups is 2. The summed E-state index contributed by atoms with van der Waals surface area (Å²) in [4.78, 5) is 19.8. The fraction of sp³-hybridized carbons (Fsp3) is 0.556. The zero-order valence-corrected chi connectivity index (χ0v) is 7.68. The number of allylic oxidation sites excluding steroid dienone is 2. The summed E-state index contributed by atoms with van der Waals surface area (Å²) in [5.74, 6) is 0.363. The van der Waals surface area contributed by atoms with Gasteiger partial charge in [-0.25, -0.2) is 0 Å². The van der Waals surface area contributed by atoms with Gasteiger partial charge in [0.2, 0.25) is 0 Å². The van der Waals surface area contributed by atoms with Crippen molar-refractivity contribution in [1.82, 2.24) is 0 Å². The van der Waals surface area contributed by atoms with Crippen LogP contribution in [0.5, 0.6) is 0 Å². The van der Waals surface area contributed by atoms with Crippen LogP contribution in [-0.2, 0) is 9.59 Å². The molecule has 0 aliphatic rings. The Morgan fingerprint density at radius 1 is 1.27 bits per heavy atom. The highest BCUT2D eigenvalue weighted by molar-refractivity contribution is 5.89. The third-order valence-corrected chi connectivity index (χ3v) is 0.701. The molecule has 0 spiro atoms. The smallest absolute Gasteiger partial charge is 0.155 e. The van der Waals surface area contributed by atoms with Crippen molar-refractivity contribution in [3.63, 3.8) is 0 Å². The number of hydrogen-bond donors (Lipinski definition) is 0. The summed E-state index contributed by atoms with van der Waals surface area (Å²) in [6.45, 7) is 6.75. The topological polar surface area (TPSA) is 34.1 Å². The Morgan fingerprint density at radius 3 is 1.73 bits per heavy atom. The molecular weight excluding hydrogens is 140 g/mol. The van der Waals surface area contributed by atoms with E-state index >= 15 is 0 Å². The summed E-state index contributed by atoms with van der Waals surface area (Å²) in [5, 5.41) is 0. The number of ketones is 2. The van der Waals surface area contributed by atoms with Gasteiger partial charge >= 0.3 is 0 Å². The molecule has 0 N–H and O–H groups in total. The molecule has 0 aromatic carbocycles. The molecule has 0 bridgehead atoms. The lowest BCUT2D eigenvalue weighted by atomic mass is 10.3. The third-order valence-electron chi connectivity index (χ3n) is 0.701. The quantitative estimate of drug-likeness (QED) is 0.574. The van der Waals surface area contributed by atoms with Crippen LogP contribution in [0.25, 0.3) is 0 Å². The van der Waals surface area contributed by atoms with E-state index in [1.807, 2.05) is 13.8 Å². The zero-order chi connectivity index (χ0) is 9.28. The van der Waals surface area contributed by atoms with Gasteiger partial charge in [0.05, 0.1) is 0 Å². The van der Waals surface area contributed by atoms with E-state index in [1.54, 1.807) is 12.2 Å². The predicted octanol–water partition coefficient (Wildman–Crippen LogP) is 2.14. The molecule has 0 radical (unpaired) electrons. The number of hydrogen-bond acceptors (Lipinski definition) is 2. The summed E-state index contributed by atoms with van der Waals surface area (Å²) in [5.41, 5.74) is 0. The molecule has 0 aliphatic heterocycles. The molecule has 0 unspecified atom stereocenters. The molecule has 11 heavy (non-hydrogen) atoms. The Hall–Kier alpha value is -0.920. The van der Waals surface area contributed by atoms with Gasteiger partial charge in [-0.15, -0.1) is 0 Å². The maximum absolute atomic E-state index is 10.3. The van der Waals surface area contributed by atoms with Crippen LogP contribution in [0, 0.1) is 0 Å². The van der Waals surface area contributed by atoms with E-state index < -0.39 is 0 Å². The molecule has 0 atom stereocenters. The molecule has 0 saturated heterocycles. The van der Waals surface area contributed by atoms with Crippen LogP contribution in [0.3, 0.4) is 0 Å². The summed E-state index contributed by atoms with van der Waals surface area (Å²) in [6.07, 6.45) is 3.95. The van der Waals surface area contributed by atoms with Crippen LogP contribution in [0.4, 0.5) is 0 Å². The molecule has 0 aliphatic carbocycles. The van der Waals surface area contributed by atoms with Crippen molar-refractivity contribution in [2.75, 3.05) is 0 Å². The van der Waals surface area contributed by atoms with E-state index in [1.165, 1.54) is 13.8 Å². The van der Waals surface area contributed by atoms with Gasteiger partial charge in [0.1, 0.15) is 5.78 Å². The summed E-state index contributed by atoms with van der Waals surface area (Å²) < 4.78 is 0. The van der Waals surface area contributed by atoms with E-state index in [-0.39, 0.29) is 11.6 Å². The van der Waals surface area contributed by atoms with E-state index in [9.17, 15) is 9.59 Å². The fourth-order valence-electron chi connectivity index (χ4n) is 0.304. The Labute approximate surface area is 68.3 Å². The first-order valence-corrected chi connectivity index (χ1v) is 3.67. The zero-order valence-electron chi connectivity index (χ0n) is 7.68. The van der Waals surface area contributed by atoms with Crippen LogP contribution in [0.1, 0.15) is 34.1 Å². The minimum absolute atomic E-state index is 0.167. The fourth-order valence-corrected chi connectivity index (χ4v) is 0.304. The van der Waals surface area contributed by atoms with Crippen molar-refractivity contribution in [2.24, 2.45) is 0 Å². The molecule has 2 nitrogen and oxygen atoms in total. The van der Waals surface area contributed by atoms with E-state index in [0.717, 1.165) is 0 Å². The van der Waals surface area contributed by atoms with Gasteiger partial charge in [-0.05, 0) is 26.8 Å². The predicted molar refractivity (Wildman–Crippen MR) is 46.5 cm³/mol. The van der Waals surface area contributed by atoms with Crippen LogP contribution in [0.15, 0.2) is 12.2 Å². The summed E-state index contributed by atoms with van der Waals surface area (Å²) in [7, 11) is 0. The molecule has 0 aromatic heterocycles. The molecule has 0 amide bonds. The van der Waals surface area contributed by atoms with Gasteiger partial charge in [0, 0.05) is 6.42 Å². The summed E-state index contributed by atoms with van der Waals surface area (Å²) >= 11 is 0. The maximum atomic E-state index is 10.3. The number of Topliss-reactive ketones (excluding diaryl/α,β-unsaturated/α-hetero) is 1. The average molecular weight is 156 g/mol. The van der Waals surface area contributed by atoms with Crippen molar-refractivity contribution >= 4 is 11.6 Å². The second kappa shape index (κ2) is 9.08. The Balaban J connectivity index is 0. The van der Waals surface area contributed by atoms with Gasteiger partial charge < -0.3 is 4.79 Å². The standard InChI is InChI=1S/C6H10O.C3H6O/c1-3-5-6(7)4-2;1-3(2)4/h3,5H,4H2,1-2H3;1-2H3/b5-3+;. The summed E-state index contributed by atoms with van der Waals surface area (Å²) in [6, 6.07) is 0. The van der Waals surface area contributed by atoms with E-state index in [0.29, 0.717) is 6.42 Å². The van der Waals surface area contributed by atoms with Gasteiger partial charge in [0.25, 0.3) is 0 Å². The Kier molecular flexibility index (Phi) is 10.5. The Bertz CT molecular complexity index is 142. The highest BCUT2D eigenvalue weighted by Gasteiger charge is 1.83. The molecule has 0 fully saturated rings. The molecule has 0 saturated carbocycles. The van der Waals surface area contributed by atoms with Crippen molar-refractivity contribution in [3.05, 3.63) is 12.2 Å². The Morgan fingerprint density at radius 2 is 1.64 bits per heavy atom. The number of carbonyl (C=O) groups excluding carboxylic acids is 2. The molecular formula is C9H16O2. The molecule has 2 heteroatoms. The van der Waals surface area contributed by atoms with Gasteiger partial charge in [-0.2, -0.15) is 0 Å². The van der Waals surface area contributed by atoms with Crippen LogP contribution in [-0.4, -0.2) is 11.6 Å². The lowest BCUT2D eigenvalue weighted by Crippen LogP contribution is -1.84. The third kappa shape index (κ3) is 27.3. The maximum Gasteiger partial charge on any atom is 0.155 e. The first kappa shape index (κ1) is 12.7. The number of rotatable bonds is 2. The van der Waals surface area contributed by atoms with E-state index in [2.05, 4.69) is 0 Å².